The Kier molecular flexibility index (Phi) is 4.15. The van der Waals surface area contributed by atoms with Crippen LogP contribution in [-0.2, 0) is 4.79 Å². The number of nitrogens with zero attached hydrogens (tertiary/aromatic N) is 1. The third kappa shape index (κ3) is 2.99. The van der Waals surface area contributed by atoms with Crippen molar-refractivity contribution in [3.05, 3.63) is 29.8 Å². The molecule has 18 heavy (non-hydrogen) atoms. The van der Waals surface area contributed by atoms with Crippen molar-refractivity contribution in [3.8, 4) is 11.8 Å². The molecular weight excluding hydrogens is 230 g/mol. The van der Waals surface area contributed by atoms with Gasteiger partial charge in [0.05, 0.1) is 19.2 Å². The maximum Gasteiger partial charge on any atom is 0.234 e. The summed E-state index contributed by atoms with van der Waals surface area (Å²) >= 11 is 0. The highest BCUT2D eigenvalue weighted by Gasteiger charge is 2.20. The van der Waals surface area contributed by atoms with Crippen molar-refractivity contribution < 1.29 is 9.53 Å². The number of carbonyl (C=O) groups excluding carboxylic acids is 1. The number of carbonyl (C=O) groups is 1. The highest BCUT2D eigenvalue weighted by molar-refractivity contribution is 5.78. The van der Waals surface area contributed by atoms with E-state index in [0.717, 1.165) is 17.7 Å². The second kappa shape index (κ2) is 6.03. The molecule has 0 fully saturated rings. The van der Waals surface area contributed by atoms with Gasteiger partial charge in [-0.15, -0.1) is 0 Å². The number of ether oxygens (including phenoxy) is 1. The van der Waals surface area contributed by atoms with E-state index < -0.39 is 0 Å². The van der Waals surface area contributed by atoms with Crippen molar-refractivity contribution in [2.24, 2.45) is 0 Å². The average Bonchev–Trinajstić information content (AvgIpc) is 2.42. The van der Waals surface area contributed by atoms with Crippen LogP contribution in [0.3, 0.4) is 0 Å². The fourth-order valence-corrected chi connectivity index (χ4v) is 1.97. The van der Waals surface area contributed by atoms with Crippen LogP contribution in [-0.4, -0.2) is 25.6 Å². The number of para-hydroxylation sites is 1. The van der Waals surface area contributed by atoms with E-state index in [1.807, 2.05) is 30.3 Å². The minimum atomic E-state index is -0.166. The molecule has 0 spiro atoms. The second-order valence-corrected chi connectivity index (χ2v) is 4.04. The lowest BCUT2D eigenvalue weighted by Gasteiger charge is -2.26. The minimum Gasteiger partial charge on any atom is -0.493 e. The quantitative estimate of drug-likeness (QED) is 0.767. The van der Waals surface area contributed by atoms with E-state index in [1.54, 1.807) is 0 Å². The number of fused-ring (bicyclic) bond motifs is 1. The van der Waals surface area contributed by atoms with Crippen molar-refractivity contribution in [2.45, 2.75) is 12.5 Å². The molecule has 5 nitrogen and oxygen atoms in total. The van der Waals surface area contributed by atoms with Crippen LogP contribution in [0.15, 0.2) is 24.3 Å². The molecule has 0 saturated carbocycles. The largest absolute Gasteiger partial charge is 0.493 e. The number of rotatable bonds is 4. The molecule has 1 heterocycles. The van der Waals surface area contributed by atoms with Gasteiger partial charge in [-0.2, -0.15) is 5.26 Å². The molecule has 1 unspecified atom stereocenters. The monoisotopic (exact) mass is 245 g/mol. The van der Waals surface area contributed by atoms with Crippen molar-refractivity contribution in [2.75, 3.05) is 19.7 Å². The Balaban J connectivity index is 1.92. The van der Waals surface area contributed by atoms with Gasteiger partial charge in [0.2, 0.25) is 5.91 Å². The van der Waals surface area contributed by atoms with Crippen molar-refractivity contribution >= 4 is 5.91 Å². The van der Waals surface area contributed by atoms with E-state index in [9.17, 15) is 4.79 Å². The van der Waals surface area contributed by atoms with Gasteiger partial charge in [0.15, 0.2) is 0 Å². The lowest BCUT2D eigenvalue weighted by molar-refractivity contribution is -0.120. The first-order valence-corrected chi connectivity index (χ1v) is 5.90. The van der Waals surface area contributed by atoms with Crippen LogP contribution >= 0.6 is 0 Å². The molecule has 1 aromatic carbocycles. The first-order chi connectivity index (χ1) is 8.81. The third-order valence-corrected chi connectivity index (χ3v) is 2.83. The molecule has 0 saturated heterocycles. The zero-order valence-electron chi connectivity index (χ0n) is 9.98. The summed E-state index contributed by atoms with van der Waals surface area (Å²) in [4.78, 5) is 11.4. The number of nitrogens with one attached hydrogen (secondary N) is 2. The Morgan fingerprint density at radius 1 is 1.50 bits per heavy atom. The van der Waals surface area contributed by atoms with Crippen LogP contribution in [0.5, 0.6) is 5.75 Å². The van der Waals surface area contributed by atoms with Gasteiger partial charge in [-0.1, -0.05) is 18.2 Å². The van der Waals surface area contributed by atoms with E-state index in [2.05, 4.69) is 10.6 Å². The molecule has 0 radical (unpaired) electrons. The van der Waals surface area contributed by atoms with Crippen LogP contribution in [0.1, 0.15) is 18.0 Å². The molecule has 5 heteroatoms. The summed E-state index contributed by atoms with van der Waals surface area (Å²) in [6.45, 7) is 0.903. The molecule has 1 aromatic rings. The summed E-state index contributed by atoms with van der Waals surface area (Å²) in [5, 5.41) is 14.0. The average molecular weight is 245 g/mol. The predicted molar refractivity (Wildman–Crippen MR) is 65.9 cm³/mol. The van der Waals surface area contributed by atoms with Gasteiger partial charge in [0.25, 0.3) is 0 Å². The van der Waals surface area contributed by atoms with Crippen LogP contribution in [0, 0.1) is 11.3 Å². The number of nitriles is 1. The maximum atomic E-state index is 11.4. The number of hydrogen-bond acceptors (Lipinski definition) is 4. The highest BCUT2D eigenvalue weighted by atomic mass is 16.5. The predicted octanol–water partition coefficient (Wildman–Crippen LogP) is 0.740. The zero-order valence-corrected chi connectivity index (χ0v) is 9.98. The number of hydrogen-bond donors (Lipinski definition) is 2. The fraction of sp³-hybridized carbons (Fsp3) is 0.385. The Bertz CT molecular complexity index is 468. The van der Waals surface area contributed by atoms with Gasteiger partial charge >= 0.3 is 0 Å². The van der Waals surface area contributed by atoms with Gasteiger partial charge in [0.1, 0.15) is 12.3 Å². The van der Waals surface area contributed by atoms with E-state index in [1.165, 1.54) is 0 Å². The van der Waals surface area contributed by atoms with Crippen LogP contribution in [0.25, 0.3) is 0 Å². The molecule has 1 atom stereocenters. The molecule has 1 aliphatic rings. The van der Waals surface area contributed by atoms with Crippen LogP contribution < -0.4 is 15.4 Å². The van der Waals surface area contributed by atoms with Crippen molar-refractivity contribution in [1.82, 2.24) is 10.6 Å². The molecule has 1 amide bonds. The van der Waals surface area contributed by atoms with E-state index in [-0.39, 0.29) is 25.0 Å². The summed E-state index contributed by atoms with van der Waals surface area (Å²) in [6.07, 6.45) is 0.836. The van der Waals surface area contributed by atoms with Gasteiger partial charge in [-0.3, -0.25) is 4.79 Å². The fourth-order valence-electron chi connectivity index (χ4n) is 1.97. The summed E-state index contributed by atoms with van der Waals surface area (Å²) in [5.41, 5.74) is 1.08. The molecule has 1 aliphatic heterocycles. The zero-order chi connectivity index (χ0) is 12.8. The molecule has 2 rings (SSSR count). The van der Waals surface area contributed by atoms with Gasteiger partial charge in [-0.05, 0) is 6.07 Å². The lowest BCUT2D eigenvalue weighted by Crippen LogP contribution is -2.37. The summed E-state index contributed by atoms with van der Waals surface area (Å²) in [6, 6.07) is 9.82. The van der Waals surface area contributed by atoms with Crippen LogP contribution in [0.2, 0.25) is 0 Å². The highest BCUT2D eigenvalue weighted by Crippen LogP contribution is 2.31. The SMILES string of the molecule is N#CCNC(=O)CNC1CCOc2ccccc21. The summed E-state index contributed by atoms with van der Waals surface area (Å²) in [7, 11) is 0. The number of benzene rings is 1. The Labute approximate surface area is 106 Å². The molecule has 0 aliphatic carbocycles. The molecule has 2 N–H and O–H groups in total. The van der Waals surface area contributed by atoms with Crippen molar-refractivity contribution in [1.29, 1.82) is 5.26 Å². The summed E-state index contributed by atoms with van der Waals surface area (Å²) in [5.74, 6) is 0.708. The van der Waals surface area contributed by atoms with E-state index in [4.69, 9.17) is 10.00 Å². The van der Waals surface area contributed by atoms with E-state index >= 15 is 0 Å². The van der Waals surface area contributed by atoms with Gasteiger partial charge in [0, 0.05) is 18.0 Å². The lowest BCUT2D eigenvalue weighted by atomic mass is 10.0. The third-order valence-electron chi connectivity index (χ3n) is 2.83. The Morgan fingerprint density at radius 3 is 3.17 bits per heavy atom. The van der Waals surface area contributed by atoms with E-state index in [0.29, 0.717) is 6.61 Å². The molecule has 94 valence electrons. The first-order valence-electron chi connectivity index (χ1n) is 5.90. The van der Waals surface area contributed by atoms with Crippen molar-refractivity contribution in [3.63, 3.8) is 0 Å². The number of amides is 1. The standard InChI is InChI=1S/C13H15N3O2/c14-6-7-15-13(17)9-16-11-5-8-18-12-4-2-1-3-10(11)12/h1-4,11,16H,5,7-9H2,(H,15,17). The van der Waals surface area contributed by atoms with Gasteiger partial charge in [-0.25, -0.2) is 0 Å². The summed E-state index contributed by atoms with van der Waals surface area (Å²) < 4.78 is 5.54. The minimum absolute atomic E-state index is 0.0465. The van der Waals surface area contributed by atoms with Crippen LogP contribution in [0.4, 0.5) is 0 Å². The topological polar surface area (TPSA) is 74.2 Å². The Hall–Kier alpha value is -2.06. The molecular formula is C13H15N3O2. The Morgan fingerprint density at radius 2 is 2.33 bits per heavy atom. The first kappa shape index (κ1) is 12.4. The normalized spacial score (nSPS) is 17.2. The maximum absolute atomic E-state index is 11.4. The molecule has 0 aromatic heterocycles. The molecule has 0 bridgehead atoms. The van der Waals surface area contributed by atoms with Gasteiger partial charge < -0.3 is 15.4 Å². The second-order valence-electron chi connectivity index (χ2n) is 4.04. The smallest absolute Gasteiger partial charge is 0.234 e.